The van der Waals surface area contributed by atoms with E-state index in [9.17, 15) is 0 Å². The van der Waals surface area contributed by atoms with Gasteiger partial charge in [-0.2, -0.15) is 0 Å². The number of fused-ring (bicyclic) bond motifs is 10. The summed E-state index contributed by atoms with van der Waals surface area (Å²) in [6.07, 6.45) is 0. The quantitative estimate of drug-likeness (QED) is 0.166. The monoisotopic (exact) mass is 864 g/mol. The minimum atomic E-state index is 0.837. The van der Waals surface area contributed by atoms with Gasteiger partial charge in [-0.15, -0.1) is 22.7 Å². The Balaban J connectivity index is 0.933. The molecule has 0 unspecified atom stereocenters. The Labute approximate surface area is 382 Å². The van der Waals surface area contributed by atoms with Gasteiger partial charge in [0, 0.05) is 91.2 Å². The SMILES string of the molecule is c1ccc2cc(N(c3ccc4c(c3)Oc3cccc5c(N(c6ccc7ccccc7c6)c6ccc7sc8ccccc8c7c6)ccc-4c35)c3ccc4sc5ccccc5c4c3)ccc2c1. The lowest BCUT2D eigenvalue weighted by Gasteiger charge is -2.30. The Morgan fingerprint density at radius 2 is 0.769 bits per heavy atom. The summed E-state index contributed by atoms with van der Waals surface area (Å²) in [5, 5.41) is 12.2. The molecule has 0 fully saturated rings. The van der Waals surface area contributed by atoms with Crippen molar-refractivity contribution in [3.8, 4) is 22.6 Å². The molecule has 1 aliphatic rings. The standard InChI is InChI=1S/C60H36N2OS2/c1-3-12-39-32-41(22-20-37(39)10-1)61(43-25-30-58-51(34-43)47-14-5-7-18-56(47)64-58)45-24-27-46-49-28-29-53(50-16-9-17-54(60(49)50)63-55(46)36-45)62(42-23-21-38-11-2-4-13-40(38)33-42)44-26-31-59-52(35-44)48-15-6-8-19-57(48)65-59/h1-36H. The molecule has 0 N–H and O–H groups in total. The molecule has 14 rings (SSSR count). The highest BCUT2D eigenvalue weighted by atomic mass is 32.1. The van der Waals surface area contributed by atoms with E-state index in [0.29, 0.717) is 0 Å². The average Bonchev–Trinajstić information content (AvgIpc) is 3.92. The minimum Gasteiger partial charge on any atom is -0.456 e. The first-order chi connectivity index (χ1) is 32.2. The molecular formula is C60H36N2OS2. The van der Waals surface area contributed by atoms with E-state index in [1.54, 1.807) is 0 Å². The van der Waals surface area contributed by atoms with Gasteiger partial charge in [0.15, 0.2) is 0 Å². The number of hydrogen-bond donors (Lipinski definition) is 0. The maximum atomic E-state index is 7.05. The Morgan fingerprint density at radius 1 is 0.292 bits per heavy atom. The van der Waals surface area contributed by atoms with Crippen molar-refractivity contribution >= 4 is 129 Å². The highest BCUT2D eigenvalue weighted by Crippen LogP contribution is 2.53. The normalized spacial score (nSPS) is 12.1. The molecule has 3 nitrogen and oxygen atoms in total. The first kappa shape index (κ1) is 36.5. The van der Waals surface area contributed by atoms with Crippen LogP contribution in [0.3, 0.4) is 0 Å². The van der Waals surface area contributed by atoms with Crippen LogP contribution in [-0.4, -0.2) is 0 Å². The highest BCUT2D eigenvalue weighted by molar-refractivity contribution is 7.26. The van der Waals surface area contributed by atoms with Gasteiger partial charge < -0.3 is 14.5 Å². The van der Waals surface area contributed by atoms with Crippen molar-refractivity contribution in [3.05, 3.63) is 218 Å². The van der Waals surface area contributed by atoms with Gasteiger partial charge in [0.1, 0.15) is 11.5 Å². The molecule has 3 heterocycles. The molecule has 0 spiro atoms. The second-order valence-electron chi connectivity index (χ2n) is 16.9. The number of hydrogen-bond acceptors (Lipinski definition) is 5. The fourth-order valence-corrected chi connectivity index (χ4v) is 12.3. The molecule has 0 saturated carbocycles. The third-order valence-corrected chi connectivity index (χ3v) is 15.5. The molecule has 0 saturated heterocycles. The van der Waals surface area contributed by atoms with Gasteiger partial charge in [0.05, 0.1) is 5.69 Å². The lowest BCUT2D eigenvalue weighted by Crippen LogP contribution is -2.12. The summed E-state index contributed by atoms with van der Waals surface area (Å²) in [6.45, 7) is 0. The molecule has 13 aromatic rings. The largest absolute Gasteiger partial charge is 0.456 e. The zero-order chi connectivity index (χ0) is 42.6. The molecule has 0 bridgehead atoms. The summed E-state index contributed by atoms with van der Waals surface area (Å²) in [5.41, 5.74) is 8.77. The zero-order valence-corrected chi connectivity index (χ0v) is 36.5. The van der Waals surface area contributed by atoms with E-state index in [1.165, 1.54) is 61.9 Å². The van der Waals surface area contributed by atoms with Gasteiger partial charge >= 0.3 is 0 Å². The van der Waals surface area contributed by atoms with Gasteiger partial charge in [-0.25, -0.2) is 0 Å². The molecule has 1 aliphatic heterocycles. The minimum absolute atomic E-state index is 0.837. The number of anilines is 6. The molecule has 2 aromatic heterocycles. The first-order valence-corrected chi connectivity index (χ1v) is 23.6. The van der Waals surface area contributed by atoms with Crippen LogP contribution in [0.2, 0.25) is 0 Å². The van der Waals surface area contributed by atoms with Gasteiger partial charge in [-0.05, 0) is 124 Å². The van der Waals surface area contributed by atoms with Gasteiger partial charge in [0.25, 0.3) is 0 Å². The summed E-state index contributed by atoms with van der Waals surface area (Å²) in [7, 11) is 0. The molecule has 304 valence electrons. The summed E-state index contributed by atoms with van der Waals surface area (Å²) >= 11 is 3.69. The van der Waals surface area contributed by atoms with Gasteiger partial charge in [-0.3, -0.25) is 0 Å². The van der Waals surface area contributed by atoms with Crippen molar-refractivity contribution in [1.82, 2.24) is 0 Å². The number of nitrogens with zero attached hydrogens (tertiary/aromatic N) is 2. The maximum absolute atomic E-state index is 7.05. The van der Waals surface area contributed by atoms with Crippen LogP contribution in [0.1, 0.15) is 0 Å². The van der Waals surface area contributed by atoms with E-state index in [0.717, 1.165) is 67.5 Å². The van der Waals surface area contributed by atoms with Crippen LogP contribution in [-0.2, 0) is 0 Å². The Kier molecular flexibility index (Phi) is 8.02. The van der Waals surface area contributed by atoms with Crippen molar-refractivity contribution < 1.29 is 4.74 Å². The summed E-state index contributed by atoms with van der Waals surface area (Å²) in [5.74, 6) is 1.69. The number of rotatable bonds is 6. The third-order valence-electron chi connectivity index (χ3n) is 13.2. The number of ether oxygens (including phenoxy) is 1. The molecule has 65 heavy (non-hydrogen) atoms. The molecular weight excluding hydrogens is 829 g/mol. The molecule has 0 amide bonds. The summed E-state index contributed by atoms with van der Waals surface area (Å²) in [6, 6.07) is 79.8. The molecule has 5 heteroatoms. The lowest BCUT2D eigenvalue weighted by atomic mass is 9.92. The number of benzene rings is 11. The van der Waals surface area contributed by atoms with Crippen molar-refractivity contribution in [2.24, 2.45) is 0 Å². The van der Waals surface area contributed by atoms with Crippen LogP contribution in [0.25, 0.3) is 83.8 Å². The predicted molar refractivity (Wildman–Crippen MR) is 280 cm³/mol. The second-order valence-corrected chi connectivity index (χ2v) is 19.1. The smallest absolute Gasteiger partial charge is 0.137 e. The van der Waals surface area contributed by atoms with E-state index in [4.69, 9.17) is 4.74 Å². The van der Waals surface area contributed by atoms with Crippen molar-refractivity contribution in [1.29, 1.82) is 0 Å². The van der Waals surface area contributed by atoms with Crippen molar-refractivity contribution in [2.45, 2.75) is 0 Å². The fraction of sp³-hybridized carbons (Fsp3) is 0. The summed E-state index contributed by atoms with van der Waals surface area (Å²) < 4.78 is 12.2. The van der Waals surface area contributed by atoms with E-state index in [-0.39, 0.29) is 0 Å². The first-order valence-electron chi connectivity index (χ1n) is 22.0. The van der Waals surface area contributed by atoms with Gasteiger partial charge in [0.2, 0.25) is 0 Å². The van der Waals surface area contributed by atoms with E-state index in [2.05, 4.69) is 228 Å². The molecule has 0 aliphatic carbocycles. The van der Waals surface area contributed by atoms with Crippen LogP contribution >= 0.6 is 22.7 Å². The Hall–Kier alpha value is -7.96. The Bertz CT molecular complexity index is 4090. The lowest BCUT2D eigenvalue weighted by molar-refractivity contribution is 0.487. The van der Waals surface area contributed by atoms with Gasteiger partial charge in [-0.1, -0.05) is 115 Å². The van der Waals surface area contributed by atoms with Crippen LogP contribution < -0.4 is 14.5 Å². The molecule has 0 radical (unpaired) electrons. The van der Waals surface area contributed by atoms with E-state index < -0.39 is 0 Å². The van der Waals surface area contributed by atoms with E-state index in [1.807, 2.05) is 22.7 Å². The maximum Gasteiger partial charge on any atom is 0.137 e. The average molecular weight is 865 g/mol. The van der Waals surface area contributed by atoms with Crippen molar-refractivity contribution in [3.63, 3.8) is 0 Å². The van der Waals surface area contributed by atoms with E-state index >= 15 is 0 Å². The molecule has 11 aromatic carbocycles. The highest BCUT2D eigenvalue weighted by Gasteiger charge is 2.26. The topological polar surface area (TPSA) is 15.7 Å². The number of thiophene rings is 2. The third kappa shape index (κ3) is 5.80. The van der Waals surface area contributed by atoms with Crippen LogP contribution in [0.5, 0.6) is 11.5 Å². The Morgan fingerprint density at radius 3 is 1.43 bits per heavy atom. The second kappa shape index (κ2) is 14.3. The summed E-state index contributed by atoms with van der Waals surface area (Å²) in [4.78, 5) is 4.80. The molecule has 0 atom stereocenters. The fourth-order valence-electron chi connectivity index (χ4n) is 10.2. The van der Waals surface area contributed by atoms with Crippen LogP contribution in [0, 0.1) is 0 Å². The van der Waals surface area contributed by atoms with Crippen LogP contribution in [0.15, 0.2) is 218 Å². The predicted octanol–water partition coefficient (Wildman–Crippen LogP) is 18.6. The van der Waals surface area contributed by atoms with Crippen LogP contribution in [0.4, 0.5) is 34.1 Å². The zero-order valence-electron chi connectivity index (χ0n) is 34.9. The van der Waals surface area contributed by atoms with Crippen molar-refractivity contribution in [2.75, 3.05) is 9.80 Å².